The molecule has 3 nitrogen and oxygen atoms in total. The van der Waals surface area contributed by atoms with E-state index in [1.54, 1.807) is 6.08 Å². The first-order chi connectivity index (χ1) is 10.2. The molecule has 1 aliphatic rings. The van der Waals surface area contributed by atoms with Crippen LogP contribution in [0.3, 0.4) is 0 Å². The normalized spacial score (nSPS) is 14.3. The molecule has 0 aromatic heterocycles. The number of imide groups is 1. The van der Waals surface area contributed by atoms with Gasteiger partial charge in [-0.25, -0.2) is 0 Å². The third kappa shape index (κ3) is 2.19. The summed E-state index contributed by atoms with van der Waals surface area (Å²) >= 11 is 0. The number of rotatable bonds is 3. The van der Waals surface area contributed by atoms with Gasteiger partial charge in [-0.3, -0.25) is 14.9 Å². The first kappa shape index (κ1) is 13.1. The molecule has 0 unspecified atom stereocenters. The maximum absolute atomic E-state index is 12.2. The topological polar surface area (TPSA) is 46.2 Å². The molecule has 2 aromatic rings. The summed E-state index contributed by atoms with van der Waals surface area (Å²) in [6.07, 6.45) is 1.68. The van der Waals surface area contributed by atoms with E-state index in [1.165, 1.54) is 0 Å². The minimum Gasteiger partial charge on any atom is -0.288 e. The molecule has 0 fully saturated rings. The fraction of sp³-hybridized carbons (Fsp3) is 0. The van der Waals surface area contributed by atoms with Gasteiger partial charge in [-0.1, -0.05) is 67.3 Å². The molecule has 2 aromatic carbocycles. The summed E-state index contributed by atoms with van der Waals surface area (Å²) in [5, 5.41) is 2.38. The van der Waals surface area contributed by atoms with Crippen molar-refractivity contribution in [3.63, 3.8) is 0 Å². The molecule has 0 saturated carbocycles. The summed E-state index contributed by atoms with van der Waals surface area (Å²) < 4.78 is 0. The molecular formula is C18H13NO2. The molecule has 0 bridgehead atoms. The Hall–Kier alpha value is -2.94. The highest BCUT2D eigenvalue weighted by Crippen LogP contribution is 2.32. The standard InChI is InChI=1S/C18H13NO2/c1-2-12-8-6-7-11-14(12)16-15(17(20)19-18(16)21)13-9-4-3-5-10-13/h2-11H,1H2,(H,19,20,21). The molecule has 3 rings (SSSR count). The number of carbonyl (C=O) groups excluding carboxylic acids is 2. The van der Waals surface area contributed by atoms with Gasteiger partial charge in [-0.05, 0) is 16.7 Å². The Morgan fingerprint density at radius 3 is 2.14 bits per heavy atom. The van der Waals surface area contributed by atoms with Gasteiger partial charge in [0, 0.05) is 0 Å². The van der Waals surface area contributed by atoms with Crippen molar-refractivity contribution in [3.8, 4) is 0 Å². The average molecular weight is 275 g/mol. The van der Waals surface area contributed by atoms with Crippen molar-refractivity contribution in [2.45, 2.75) is 0 Å². The number of carbonyl (C=O) groups is 2. The molecule has 0 radical (unpaired) electrons. The highest BCUT2D eigenvalue weighted by Gasteiger charge is 2.32. The average Bonchev–Trinajstić information content (AvgIpc) is 2.82. The Morgan fingerprint density at radius 1 is 0.810 bits per heavy atom. The highest BCUT2D eigenvalue weighted by molar-refractivity contribution is 6.49. The predicted octanol–water partition coefficient (Wildman–Crippen LogP) is 2.90. The number of nitrogens with one attached hydrogen (secondary N) is 1. The summed E-state index contributed by atoms with van der Waals surface area (Å²) in [5.41, 5.74) is 3.09. The Balaban J connectivity index is 2.29. The van der Waals surface area contributed by atoms with Crippen molar-refractivity contribution in [1.29, 1.82) is 0 Å². The maximum Gasteiger partial charge on any atom is 0.259 e. The van der Waals surface area contributed by atoms with E-state index in [9.17, 15) is 9.59 Å². The zero-order valence-electron chi connectivity index (χ0n) is 11.3. The minimum atomic E-state index is -0.367. The van der Waals surface area contributed by atoms with Gasteiger partial charge in [-0.2, -0.15) is 0 Å². The molecule has 3 heteroatoms. The van der Waals surface area contributed by atoms with Gasteiger partial charge in [0.2, 0.25) is 0 Å². The molecule has 2 amide bonds. The van der Waals surface area contributed by atoms with Gasteiger partial charge in [0.05, 0.1) is 11.1 Å². The molecule has 21 heavy (non-hydrogen) atoms. The van der Waals surface area contributed by atoms with Gasteiger partial charge >= 0.3 is 0 Å². The van der Waals surface area contributed by atoms with Gasteiger partial charge < -0.3 is 0 Å². The van der Waals surface area contributed by atoms with Crippen LogP contribution in [0.5, 0.6) is 0 Å². The molecule has 0 atom stereocenters. The van der Waals surface area contributed by atoms with Crippen molar-refractivity contribution in [3.05, 3.63) is 77.9 Å². The van der Waals surface area contributed by atoms with E-state index < -0.39 is 0 Å². The Labute approximate surface area is 122 Å². The van der Waals surface area contributed by atoms with Crippen molar-refractivity contribution >= 4 is 29.0 Å². The van der Waals surface area contributed by atoms with E-state index in [-0.39, 0.29) is 11.8 Å². The van der Waals surface area contributed by atoms with Gasteiger partial charge in [0.1, 0.15) is 0 Å². The zero-order valence-corrected chi connectivity index (χ0v) is 11.3. The van der Waals surface area contributed by atoms with Crippen LogP contribution in [0.2, 0.25) is 0 Å². The third-order valence-corrected chi connectivity index (χ3v) is 3.44. The van der Waals surface area contributed by atoms with E-state index in [2.05, 4.69) is 11.9 Å². The van der Waals surface area contributed by atoms with Crippen LogP contribution in [0.4, 0.5) is 0 Å². The number of hydrogen-bond donors (Lipinski definition) is 1. The van der Waals surface area contributed by atoms with E-state index in [0.29, 0.717) is 11.1 Å². The lowest BCUT2D eigenvalue weighted by atomic mass is 9.93. The van der Waals surface area contributed by atoms with E-state index in [1.807, 2.05) is 54.6 Å². The molecule has 1 heterocycles. The van der Waals surface area contributed by atoms with Crippen molar-refractivity contribution in [2.75, 3.05) is 0 Å². The van der Waals surface area contributed by atoms with E-state index >= 15 is 0 Å². The van der Waals surface area contributed by atoms with Crippen LogP contribution in [-0.4, -0.2) is 11.8 Å². The fourth-order valence-electron chi connectivity index (χ4n) is 2.50. The van der Waals surface area contributed by atoms with Gasteiger partial charge in [-0.15, -0.1) is 0 Å². The fourth-order valence-corrected chi connectivity index (χ4v) is 2.50. The lowest BCUT2D eigenvalue weighted by Crippen LogP contribution is -2.22. The predicted molar refractivity (Wildman–Crippen MR) is 82.9 cm³/mol. The summed E-state index contributed by atoms with van der Waals surface area (Å²) in [5.74, 6) is -0.729. The van der Waals surface area contributed by atoms with Crippen molar-refractivity contribution in [2.24, 2.45) is 0 Å². The first-order valence-corrected chi connectivity index (χ1v) is 6.59. The molecule has 1 N–H and O–H groups in total. The van der Waals surface area contributed by atoms with Crippen LogP contribution in [0.15, 0.2) is 61.2 Å². The van der Waals surface area contributed by atoms with Gasteiger partial charge in [0.25, 0.3) is 11.8 Å². The van der Waals surface area contributed by atoms with Crippen LogP contribution in [0, 0.1) is 0 Å². The SMILES string of the molecule is C=Cc1ccccc1C1=C(c2ccccc2)C(=O)NC1=O. The van der Waals surface area contributed by atoms with E-state index in [4.69, 9.17) is 0 Å². The summed E-state index contributed by atoms with van der Waals surface area (Å²) in [6, 6.07) is 16.6. The Kier molecular flexibility index (Phi) is 3.24. The zero-order chi connectivity index (χ0) is 14.8. The molecule has 1 aliphatic heterocycles. The van der Waals surface area contributed by atoms with Crippen LogP contribution >= 0.6 is 0 Å². The molecule has 102 valence electrons. The molecule has 0 spiro atoms. The number of benzene rings is 2. The second kappa shape index (κ2) is 5.21. The second-order valence-electron chi connectivity index (χ2n) is 4.69. The largest absolute Gasteiger partial charge is 0.288 e. The maximum atomic E-state index is 12.2. The monoisotopic (exact) mass is 275 g/mol. The van der Waals surface area contributed by atoms with Crippen molar-refractivity contribution in [1.82, 2.24) is 5.32 Å². The minimum absolute atomic E-state index is 0.361. The first-order valence-electron chi connectivity index (χ1n) is 6.59. The van der Waals surface area contributed by atoms with Crippen LogP contribution < -0.4 is 5.32 Å². The lowest BCUT2D eigenvalue weighted by Gasteiger charge is -2.07. The highest BCUT2D eigenvalue weighted by atomic mass is 16.2. The molecular weight excluding hydrogens is 262 g/mol. The Bertz CT molecular complexity index is 773. The second-order valence-corrected chi connectivity index (χ2v) is 4.69. The smallest absolute Gasteiger partial charge is 0.259 e. The molecule has 0 saturated heterocycles. The summed E-state index contributed by atoms with van der Waals surface area (Å²) in [7, 11) is 0. The van der Waals surface area contributed by atoms with Crippen LogP contribution in [0.25, 0.3) is 17.2 Å². The van der Waals surface area contributed by atoms with Crippen LogP contribution in [0.1, 0.15) is 16.7 Å². The van der Waals surface area contributed by atoms with Gasteiger partial charge in [0.15, 0.2) is 0 Å². The third-order valence-electron chi connectivity index (χ3n) is 3.44. The summed E-state index contributed by atoms with van der Waals surface area (Å²) in [6.45, 7) is 3.77. The van der Waals surface area contributed by atoms with E-state index in [0.717, 1.165) is 16.7 Å². The summed E-state index contributed by atoms with van der Waals surface area (Å²) in [4.78, 5) is 24.4. The quantitative estimate of drug-likeness (QED) is 0.875. The Morgan fingerprint density at radius 2 is 1.43 bits per heavy atom. The lowest BCUT2D eigenvalue weighted by molar-refractivity contribution is -0.122. The number of amides is 2. The number of hydrogen-bond acceptors (Lipinski definition) is 2. The van der Waals surface area contributed by atoms with Crippen LogP contribution in [-0.2, 0) is 9.59 Å². The van der Waals surface area contributed by atoms with Crippen molar-refractivity contribution < 1.29 is 9.59 Å². The molecule has 0 aliphatic carbocycles.